The molecule has 0 aliphatic heterocycles. The first-order valence-corrected chi connectivity index (χ1v) is 1.87. The Bertz CT molecular complexity index is 144. The van der Waals surface area contributed by atoms with Crippen LogP contribution in [0, 0.1) is 12.7 Å². The van der Waals surface area contributed by atoms with Gasteiger partial charge in [0, 0.05) is 0 Å². The minimum absolute atomic E-state index is 0.306. The summed E-state index contributed by atoms with van der Waals surface area (Å²) >= 11 is 0. The van der Waals surface area contributed by atoms with Crippen LogP contribution in [0.1, 0.15) is 5.69 Å². The average molecular weight is 101 g/mol. The second-order valence-corrected chi connectivity index (χ2v) is 1.25. The first kappa shape index (κ1) is 4.30. The van der Waals surface area contributed by atoms with Crippen LogP contribution in [0.4, 0.5) is 4.39 Å². The minimum Gasteiger partial charge on any atom is -0.361 e. The smallest absolute Gasteiger partial charge is 0.185 e. The van der Waals surface area contributed by atoms with Gasteiger partial charge in [-0.15, -0.1) is 0 Å². The zero-order chi connectivity index (χ0) is 5.28. The molecule has 0 aliphatic carbocycles. The summed E-state index contributed by atoms with van der Waals surface area (Å²) in [6, 6.07) is 0. The molecule has 0 saturated heterocycles. The molecule has 0 bridgehead atoms. The normalized spacial score (nSPS) is 9.43. The molecule has 38 valence electrons. The van der Waals surface area contributed by atoms with Crippen molar-refractivity contribution in [2.45, 2.75) is 6.92 Å². The van der Waals surface area contributed by atoms with Crippen LogP contribution >= 0.6 is 0 Å². The van der Waals surface area contributed by atoms with Crippen LogP contribution in [0.2, 0.25) is 0 Å². The van der Waals surface area contributed by atoms with Crippen LogP contribution in [0.5, 0.6) is 0 Å². The van der Waals surface area contributed by atoms with Gasteiger partial charge < -0.3 is 4.52 Å². The molecule has 0 radical (unpaired) electrons. The van der Waals surface area contributed by atoms with E-state index in [4.69, 9.17) is 0 Å². The SMILES string of the molecule is Cc1nocc1F. The maximum Gasteiger partial charge on any atom is 0.185 e. The number of halogens is 1. The standard InChI is InChI=1S/C4H4FNO/c1-3-4(5)2-7-6-3/h2H,1H3. The molecule has 1 aromatic rings. The number of aromatic nitrogens is 1. The van der Waals surface area contributed by atoms with Crippen molar-refractivity contribution in [1.82, 2.24) is 5.16 Å². The zero-order valence-corrected chi connectivity index (χ0v) is 3.81. The van der Waals surface area contributed by atoms with E-state index in [0.29, 0.717) is 5.69 Å². The maximum absolute atomic E-state index is 11.9. The number of nitrogens with zero attached hydrogens (tertiary/aromatic N) is 1. The van der Waals surface area contributed by atoms with Gasteiger partial charge in [-0.1, -0.05) is 5.16 Å². The van der Waals surface area contributed by atoms with Gasteiger partial charge in [-0.3, -0.25) is 0 Å². The van der Waals surface area contributed by atoms with Crippen LogP contribution in [-0.2, 0) is 0 Å². The van der Waals surface area contributed by atoms with Crippen molar-refractivity contribution in [1.29, 1.82) is 0 Å². The third-order valence-corrected chi connectivity index (χ3v) is 0.691. The molecule has 1 aromatic heterocycles. The van der Waals surface area contributed by atoms with Gasteiger partial charge in [0.15, 0.2) is 12.1 Å². The van der Waals surface area contributed by atoms with E-state index in [0.717, 1.165) is 6.26 Å². The second-order valence-electron chi connectivity index (χ2n) is 1.25. The molecule has 0 atom stereocenters. The highest BCUT2D eigenvalue weighted by atomic mass is 19.1. The number of aryl methyl sites for hydroxylation is 1. The van der Waals surface area contributed by atoms with Crippen molar-refractivity contribution in [3.8, 4) is 0 Å². The largest absolute Gasteiger partial charge is 0.361 e. The Morgan fingerprint density at radius 1 is 1.86 bits per heavy atom. The van der Waals surface area contributed by atoms with Crippen LogP contribution < -0.4 is 0 Å². The van der Waals surface area contributed by atoms with Crippen molar-refractivity contribution < 1.29 is 8.91 Å². The van der Waals surface area contributed by atoms with Crippen molar-refractivity contribution in [3.63, 3.8) is 0 Å². The lowest BCUT2D eigenvalue weighted by atomic mass is 10.5. The zero-order valence-electron chi connectivity index (χ0n) is 3.81. The molecule has 0 fully saturated rings. The van der Waals surface area contributed by atoms with Crippen LogP contribution in [0.3, 0.4) is 0 Å². The molecule has 0 amide bonds. The molecule has 0 saturated carbocycles. The van der Waals surface area contributed by atoms with E-state index >= 15 is 0 Å². The molecular weight excluding hydrogens is 97.0 g/mol. The molecule has 0 aromatic carbocycles. The Hall–Kier alpha value is -0.860. The first-order valence-electron chi connectivity index (χ1n) is 1.87. The number of rotatable bonds is 0. The molecular formula is C4H4FNO. The van der Waals surface area contributed by atoms with Gasteiger partial charge in [0.05, 0.1) is 0 Å². The van der Waals surface area contributed by atoms with E-state index in [1.165, 1.54) is 0 Å². The monoisotopic (exact) mass is 101 g/mol. The van der Waals surface area contributed by atoms with E-state index in [1.807, 2.05) is 0 Å². The summed E-state index contributed by atoms with van der Waals surface area (Å²) in [6.07, 6.45) is 0.968. The lowest BCUT2D eigenvalue weighted by Crippen LogP contribution is -1.70. The highest BCUT2D eigenvalue weighted by molar-refractivity contribution is 4.94. The molecule has 1 rings (SSSR count). The highest BCUT2D eigenvalue weighted by Crippen LogP contribution is 1.98. The first-order chi connectivity index (χ1) is 3.30. The summed E-state index contributed by atoms with van der Waals surface area (Å²) in [5.74, 6) is -0.389. The Morgan fingerprint density at radius 2 is 2.57 bits per heavy atom. The molecule has 1 heterocycles. The highest BCUT2D eigenvalue weighted by Gasteiger charge is 1.96. The molecule has 7 heavy (non-hydrogen) atoms. The van der Waals surface area contributed by atoms with Gasteiger partial charge in [0.1, 0.15) is 5.69 Å². The van der Waals surface area contributed by atoms with Gasteiger partial charge in [-0.05, 0) is 6.92 Å². The lowest BCUT2D eigenvalue weighted by Gasteiger charge is -1.69. The van der Waals surface area contributed by atoms with Crippen LogP contribution in [0.25, 0.3) is 0 Å². The molecule has 2 nitrogen and oxygen atoms in total. The predicted molar refractivity (Wildman–Crippen MR) is 21.2 cm³/mol. The molecule has 3 heteroatoms. The Morgan fingerprint density at radius 3 is 2.71 bits per heavy atom. The third kappa shape index (κ3) is 0.607. The van der Waals surface area contributed by atoms with Gasteiger partial charge in [-0.25, -0.2) is 4.39 Å². The fraction of sp³-hybridized carbons (Fsp3) is 0.250. The van der Waals surface area contributed by atoms with Gasteiger partial charge in [-0.2, -0.15) is 0 Å². The van der Waals surface area contributed by atoms with Crippen LogP contribution in [-0.4, -0.2) is 5.16 Å². The molecule has 0 N–H and O–H groups in total. The third-order valence-electron chi connectivity index (χ3n) is 0.691. The Balaban J connectivity index is 3.12. The van der Waals surface area contributed by atoms with Crippen molar-refractivity contribution in [2.75, 3.05) is 0 Å². The predicted octanol–water partition coefficient (Wildman–Crippen LogP) is 1.12. The quantitative estimate of drug-likeness (QED) is 0.489. The van der Waals surface area contributed by atoms with E-state index < -0.39 is 0 Å². The van der Waals surface area contributed by atoms with Crippen molar-refractivity contribution in [3.05, 3.63) is 17.8 Å². The van der Waals surface area contributed by atoms with Gasteiger partial charge in [0.2, 0.25) is 0 Å². The fourth-order valence-corrected chi connectivity index (χ4v) is 0.281. The van der Waals surface area contributed by atoms with E-state index in [2.05, 4.69) is 9.68 Å². The Kier molecular flexibility index (Phi) is 0.817. The van der Waals surface area contributed by atoms with Crippen molar-refractivity contribution in [2.24, 2.45) is 0 Å². The average Bonchev–Trinajstić information content (AvgIpc) is 1.91. The summed E-state index contributed by atoms with van der Waals surface area (Å²) in [5, 5.41) is 3.27. The van der Waals surface area contributed by atoms with E-state index in [1.54, 1.807) is 6.92 Å². The molecule has 0 unspecified atom stereocenters. The van der Waals surface area contributed by atoms with Crippen molar-refractivity contribution >= 4 is 0 Å². The summed E-state index contributed by atoms with van der Waals surface area (Å²) in [4.78, 5) is 0. The molecule has 0 spiro atoms. The van der Waals surface area contributed by atoms with E-state index in [9.17, 15) is 4.39 Å². The van der Waals surface area contributed by atoms with E-state index in [-0.39, 0.29) is 5.82 Å². The Labute approximate surface area is 39.9 Å². The fourth-order valence-electron chi connectivity index (χ4n) is 0.281. The number of hydrogen-bond donors (Lipinski definition) is 0. The second kappa shape index (κ2) is 1.33. The van der Waals surface area contributed by atoms with Crippen LogP contribution in [0.15, 0.2) is 10.8 Å². The van der Waals surface area contributed by atoms with Gasteiger partial charge in [0.25, 0.3) is 0 Å². The van der Waals surface area contributed by atoms with Gasteiger partial charge >= 0.3 is 0 Å². The summed E-state index contributed by atoms with van der Waals surface area (Å²) < 4.78 is 16.1. The topological polar surface area (TPSA) is 26.0 Å². The summed E-state index contributed by atoms with van der Waals surface area (Å²) in [6.45, 7) is 1.54. The minimum atomic E-state index is -0.389. The summed E-state index contributed by atoms with van der Waals surface area (Å²) in [5.41, 5.74) is 0.306. The number of hydrogen-bond acceptors (Lipinski definition) is 2. The lowest BCUT2D eigenvalue weighted by molar-refractivity contribution is 0.410. The maximum atomic E-state index is 11.9. The molecule has 0 aliphatic rings. The summed E-state index contributed by atoms with van der Waals surface area (Å²) in [7, 11) is 0.